The Labute approximate surface area is 100 Å². The van der Waals surface area contributed by atoms with Crippen LogP contribution in [0.25, 0.3) is 0 Å². The molecular formula is C13H16N2O2. The second-order valence-corrected chi connectivity index (χ2v) is 4.84. The number of fused-ring (bicyclic) bond motifs is 1. The molecule has 1 fully saturated rings. The lowest BCUT2D eigenvalue weighted by atomic mass is 9.89. The van der Waals surface area contributed by atoms with E-state index in [-0.39, 0.29) is 18.1 Å². The molecule has 4 heteroatoms. The van der Waals surface area contributed by atoms with E-state index in [1.807, 2.05) is 18.2 Å². The average molecular weight is 232 g/mol. The van der Waals surface area contributed by atoms with Gasteiger partial charge in [0.25, 0.3) is 5.91 Å². The highest BCUT2D eigenvalue weighted by Crippen LogP contribution is 2.24. The van der Waals surface area contributed by atoms with Crippen molar-refractivity contribution in [3.05, 3.63) is 29.3 Å². The predicted octanol–water partition coefficient (Wildman–Crippen LogP) is 0.908. The van der Waals surface area contributed by atoms with E-state index in [2.05, 4.69) is 10.6 Å². The van der Waals surface area contributed by atoms with Gasteiger partial charge in [-0.25, -0.2) is 0 Å². The van der Waals surface area contributed by atoms with Gasteiger partial charge in [-0.15, -0.1) is 0 Å². The summed E-state index contributed by atoms with van der Waals surface area (Å²) in [5, 5.41) is 15.4. The Hall–Kier alpha value is -1.55. The van der Waals surface area contributed by atoms with Crippen LogP contribution in [0.4, 0.5) is 5.69 Å². The third kappa shape index (κ3) is 2.00. The van der Waals surface area contributed by atoms with E-state index in [0.717, 1.165) is 18.7 Å². The minimum atomic E-state index is -0.232. The van der Waals surface area contributed by atoms with Crippen molar-refractivity contribution in [1.29, 1.82) is 0 Å². The molecule has 1 aliphatic carbocycles. The summed E-state index contributed by atoms with van der Waals surface area (Å²) in [6, 6.07) is 5.91. The van der Waals surface area contributed by atoms with E-state index in [1.165, 1.54) is 5.56 Å². The first-order valence-corrected chi connectivity index (χ1v) is 6.08. The second-order valence-electron chi connectivity index (χ2n) is 4.84. The maximum Gasteiger partial charge on any atom is 0.251 e. The van der Waals surface area contributed by atoms with Gasteiger partial charge < -0.3 is 15.7 Å². The number of carbonyl (C=O) groups excluding carboxylic acids is 1. The van der Waals surface area contributed by atoms with Crippen molar-refractivity contribution < 1.29 is 9.90 Å². The van der Waals surface area contributed by atoms with Gasteiger partial charge in [0.1, 0.15) is 0 Å². The first-order chi connectivity index (χ1) is 8.22. The molecule has 1 heterocycles. The molecule has 0 radical (unpaired) electrons. The van der Waals surface area contributed by atoms with Crippen molar-refractivity contribution in [2.45, 2.75) is 31.4 Å². The molecule has 1 amide bonds. The Balaban J connectivity index is 1.69. The van der Waals surface area contributed by atoms with Crippen molar-refractivity contribution >= 4 is 11.6 Å². The lowest BCUT2D eigenvalue weighted by Crippen LogP contribution is -2.46. The SMILES string of the molecule is O=C(NC1CC(O)C1)c1ccc2c(c1)CCN2. The Kier molecular flexibility index (Phi) is 2.52. The highest BCUT2D eigenvalue weighted by Gasteiger charge is 2.28. The molecule has 4 nitrogen and oxygen atoms in total. The number of aliphatic hydroxyl groups excluding tert-OH is 1. The quantitative estimate of drug-likeness (QED) is 0.710. The Bertz CT molecular complexity index is 453. The van der Waals surface area contributed by atoms with Crippen LogP contribution in [0.5, 0.6) is 0 Å². The van der Waals surface area contributed by atoms with E-state index in [9.17, 15) is 4.79 Å². The van der Waals surface area contributed by atoms with Gasteiger partial charge in [0.2, 0.25) is 0 Å². The summed E-state index contributed by atoms with van der Waals surface area (Å²) in [7, 11) is 0. The van der Waals surface area contributed by atoms with Gasteiger partial charge in [-0.1, -0.05) is 0 Å². The zero-order chi connectivity index (χ0) is 11.8. The number of hydrogen-bond donors (Lipinski definition) is 3. The molecule has 1 saturated carbocycles. The summed E-state index contributed by atoms with van der Waals surface area (Å²) < 4.78 is 0. The minimum Gasteiger partial charge on any atom is -0.393 e. The lowest BCUT2D eigenvalue weighted by Gasteiger charge is -2.31. The summed E-state index contributed by atoms with van der Waals surface area (Å²) in [4.78, 5) is 11.9. The zero-order valence-electron chi connectivity index (χ0n) is 9.57. The first-order valence-electron chi connectivity index (χ1n) is 6.08. The fraction of sp³-hybridized carbons (Fsp3) is 0.462. The number of benzene rings is 1. The summed E-state index contributed by atoms with van der Waals surface area (Å²) in [5.74, 6) is -0.0309. The van der Waals surface area contributed by atoms with Crippen LogP contribution in [0, 0.1) is 0 Å². The normalized spacial score (nSPS) is 25.7. The minimum absolute atomic E-state index is 0.0309. The maximum absolute atomic E-state index is 11.9. The van der Waals surface area contributed by atoms with Crippen LogP contribution >= 0.6 is 0 Å². The summed E-state index contributed by atoms with van der Waals surface area (Å²) in [6.45, 7) is 0.954. The van der Waals surface area contributed by atoms with Crippen LogP contribution in [-0.2, 0) is 6.42 Å². The molecule has 90 valence electrons. The molecule has 2 aliphatic rings. The van der Waals surface area contributed by atoms with Gasteiger partial charge in [0, 0.05) is 23.8 Å². The molecule has 17 heavy (non-hydrogen) atoms. The van der Waals surface area contributed by atoms with Crippen molar-refractivity contribution in [2.75, 3.05) is 11.9 Å². The molecule has 0 saturated heterocycles. The number of rotatable bonds is 2. The van der Waals surface area contributed by atoms with E-state index in [1.54, 1.807) is 0 Å². The van der Waals surface area contributed by atoms with Crippen LogP contribution in [-0.4, -0.2) is 29.7 Å². The van der Waals surface area contributed by atoms with Crippen LogP contribution in [0.15, 0.2) is 18.2 Å². The molecule has 1 aliphatic heterocycles. The fourth-order valence-electron chi connectivity index (χ4n) is 2.42. The molecule has 0 aromatic heterocycles. The highest BCUT2D eigenvalue weighted by molar-refractivity contribution is 5.95. The smallest absolute Gasteiger partial charge is 0.251 e. The van der Waals surface area contributed by atoms with Crippen molar-refractivity contribution in [2.24, 2.45) is 0 Å². The van der Waals surface area contributed by atoms with Gasteiger partial charge >= 0.3 is 0 Å². The largest absolute Gasteiger partial charge is 0.393 e. The molecule has 3 N–H and O–H groups in total. The number of aliphatic hydroxyl groups is 1. The van der Waals surface area contributed by atoms with Crippen molar-refractivity contribution in [3.63, 3.8) is 0 Å². The average Bonchev–Trinajstić information content (AvgIpc) is 2.73. The molecular weight excluding hydrogens is 216 g/mol. The number of anilines is 1. The Morgan fingerprint density at radius 1 is 1.41 bits per heavy atom. The number of carbonyl (C=O) groups is 1. The topological polar surface area (TPSA) is 61.4 Å². The van der Waals surface area contributed by atoms with Crippen molar-refractivity contribution in [1.82, 2.24) is 5.32 Å². The van der Waals surface area contributed by atoms with Crippen molar-refractivity contribution in [3.8, 4) is 0 Å². The van der Waals surface area contributed by atoms with Crippen LogP contribution in [0.3, 0.4) is 0 Å². The van der Waals surface area contributed by atoms with Gasteiger partial charge in [0.15, 0.2) is 0 Å². The summed E-state index contributed by atoms with van der Waals surface area (Å²) in [6.07, 6.45) is 2.11. The van der Waals surface area contributed by atoms with E-state index >= 15 is 0 Å². The van der Waals surface area contributed by atoms with E-state index < -0.39 is 0 Å². The molecule has 0 atom stereocenters. The first kappa shape index (κ1) is 10.6. The summed E-state index contributed by atoms with van der Waals surface area (Å²) in [5.41, 5.74) is 3.07. The van der Waals surface area contributed by atoms with Gasteiger partial charge in [-0.3, -0.25) is 4.79 Å². The van der Waals surface area contributed by atoms with Crippen LogP contribution in [0.1, 0.15) is 28.8 Å². The number of nitrogens with one attached hydrogen (secondary N) is 2. The lowest BCUT2D eigenvalue weighted by molar-refractivity contribution is 0.0562. The third-order valence-corrected chi connectivity index (χ3v) is 3.53. The monoisotopic (exact) mass is 232 g/mol. The van der Waals surface area contributed by atoms with Crippen LogP contribution < -0.4 is 10.6 Å². The standard InChI is InChI=1S/C13H16N2O2/c16-11-6-10(7-11)15-13(17)9-1-2-12-8(5-9)3-4-14-12/h1-2,5,10-11,14,16H,3-4,6-7H2,(H,15,17). The third-order valence-electron chi connectivity index (χ3n) is 3.53. The molecule has 0 spiro atoms. The van der Waals surface area contributed by atoms with Gasteiger partial charge in [0.05, 0.1) is 6.10 Å². The fourth-order valence-corrected chi connectivity index (χ4v) is 2.42. The second kappa shape index (κ2) is 4.04. The maximum atomic E-state index is 11.9. The highest BCUT2D eigenvalue weighted by atomic mass is 16.3. The van der Waals surface area contributed by atoms with Crippen LogP contribution in [0.2, 0.25) is 0 Å². The zero-order valence-corrected chi connectivity index (χ0v) is 9.57. The molecule has 0 bridgehead atoms. The number of amides is 1. The van der Waals surface area contributed by atoms with Gasteiger partial charge in [-0.05, 0) is 43.0 Å². The molecule has 3 rings (SSSR count). The number of hydrogen-bond acceptors (Lipinski definition) is 3. The molecule has 1 aromatic carbocycles. The van der Waals surface area contributed by atoms with E-state index in [4.69, 9.17) is 5.11 Å². The summed E-state index contributed by atoms with van der Waals surface area (Å²) >= 11 is 0. The van der Waals surface area contributed by atoms with Gasteiger partial charge in [-0.2, -0.15) is 0 Å². The molecule has 0 unspecified atom stereocenters. The van der Waals surface area contributed by atoms with E-state index in [0.29, 0.717) is 18.4 Å². The Morgan fingerprint density at radius 2 is 2.24 bits per heavy atom. The predicted molar refractivity (Wildman–Crippen MR) is 65.1 cm³/mol. The Morgan fingerprint density at radius 3 is 3.00 bits per heavy atom. The molecule has 1 aromatic rings.